The van der Waals surface area contributed by atoms with E-state index in [0.717, 1.165) is 44.9 Å². The molecular formula is C26H43NO5. The van der Waals surface area contributed by atoms with E-state index in [0.29, 0.717) is 41.9 Å². The number of aliphatic hydroxyl groups excluding tert-OH is 2. The number of carboxylic acid groups (broad SMARTS) is 1. The van der Waals surface area contributed by atoms with E-state index in [1.54, 1.807) is 0 Å². The number of fused-ring (bicyclic) bond motifs is 5. The molecule has 0 aromatic carbocycles. The van der Waals surface area contributed by atoms with Crippen molar-refractivity contribution in [1.82, 2.24) is 5.32 Å². The van der Waals surface area contributed by atoms with Gasteiger partial charge in [0.2, 0.25) is 5.91 Å². The summed E-state index contributed by atoms with van der Waals surface area (Å²) in [5.41, 5.74) is 0.145. The monoisotopic (exact) mass is 449 g/mol. The van der Waals surface area contributed by atoms with Crippen LogP contribution in [0.2, 0.25) is 0 Å². The molecule has 0 saturated heterocycles. The summed E-state index contributed by atoms with van der Waals surface area (Å²) >= 11 is 0. The lowest BCUT2D eigenvalue weighted by Crippen LogP contribution is -2.58. The van der Waals surface area contributed by atoms with Gasteiger partial charge in [0, 0.05) is 6.42 Å². The van der Waals surface area contributed by atoms with Gasteiger partial charge in [0.25, 0.3) is 0 Å². The zero-order valence-corrected chi connectivity index (χ0v) is 20.1. The molecule has 0 radical (unpaired) electrons. The molecule has 4 rings (SSSR count). The Labute approximate surface area is 192 Å². The Kier molecular flexibility index (Phi) is 6.68. The Morgan fingerprint density at radius 2 is 1.78 bits per heavy atom. The van der Waals surface area contributed by atoms with Crippen molar-refractivity contribution in [3.63, 3.8) is 0 Å². The topological polar surface area (TPSA) is 107 Å². The van der Waals surface area contributed by atoms with Crippen LogP contribution in [0.1, 0.15) is 85.0 Å². The molecule has 10 atom stereocenters. The molecule has 0 aromatic rings. The first-order valence-electron chi connectivity index (χ1n) is 12.9. The Morgan fingerprint density at radius 1 is 1.03 bits per heavy atom. The largest absolute Gasteiger partial charge is 0.480 e. The van der Waals surface area contributed by atoms with Crippen molar-refractivity contribution in [1.29, 1.82) is 0 Å². The van der Waals surface area contributed by atoms with Gasteiger partial charge >= 0.3 is 5.97 Å². The summed E-state index contributed by atoms with van der Waals surface area (Å²) in [7, 11) is 0. The molecule has 1 amide bonds. The van der Waals surface area contributed by atoms with E-state index in [-0.39, 0.29) is 35.5 Å². The summed E-state index contributed by atoms with van der Waals surface area (Å²) in [6.45, 7) is 6.65. The number of carbonyl (C=O) groups excluding carboxylic acids is 1. The fourth-order valence-corrected chi connectivity index (χ4v) is 8.98. The number of nitrogens with one attached hydrogen (secondary N) is 1. The molecule has 0 bridgehead atoms. The average Bonchev–Trinajstić information content (AvgIpc) is 3.10. The van der Waals surface area contributed by atoms with E-state index in [1.165, 1.54) is 12.8 Å². The van der Waals surface area contributed by atoms with Crippen LogP contribution >= 0.6 is 0 Å². The van der Waals surface area contributed by atoms with Crippen molar-refractivity contribution in [2.24, 2.45) is 46.3 Å². The zero-order chi connectivity index (χ0) is 23.3. The van der Waals surface area contributed by atoms with Gasteiger partial charge in [0.15, 0.2) is 0 Å². The summed E-state index contributed by atoms with van der Waals surface area (Å²) in [5.74, 6) is 1.84. The molecule has 6 nitrogen and oxygen atoms in total. The van der Waals surface area contributed by atoms with Crippen molar-refractivity contribution in [2.45, 2.75) is 97.2 Å². The van der Waals surface area contributed by atoms with Gasteiger partial charge in [-0.15, -0.1) is 0 Å². The Hall–Kier alpha value is -1.14. The predicted octanol–water partition coefficient (Wildman–Crippen LogP) is 3.59. The number of carbonyl (C=O) groups is 2. The molecule has 0 aromatic heterocycles. The van der Waals surface area contributed by atoms with Crippen LogP contribution in [0, 0.1) is 46.3 Å². The summed E-state index contributed by atoms with van der Waals surface area (Å²) < 4.78 is 0. The van der Waals surface area contributed by atoms with Crippen molar-refractivity contribution in [3.8, 4) is 0 Å². The number of hydrogen-bond acceptors (Lipinski definition) is 4. The minimum atomic E-state index is -1.02. The quantitative estimate of drug-likeness (QED) is 0.496. The molecule has 32 heavy (non-hydrogen) atoms. The van der Waals surface area contributed by atoms with Gasteiger partial charge < -0.3 is 20.6 Å². The zero-order valence-electron chi connectivity index (χ0n) is 20.1. The van der Waals surface area contributed by atoms with Crippen molar-refractivity contribution in [2.75, 3.05) is 6.54 Å². The van der Waals surface area contributed by atoms with Gasteiger partial charge in [0.1, 0.15) is 6.54 Å². The highest BCUT2D eigenvalue weighted by Crippen LogP contribution is 2.68. The summed E-state index contributed by atoms with van der Waals surface area (Å²) in [6.07, 6.45) is 9.12. The first-order valence-corrected chi connectivity index (χ1v) is 12.9. The standard InChI is InChI=1S/C26H43NO5/c1-15(4-9-23(30)27-14-24(31)32)19-7-8-20-18-6-5-16-12-17(28)10-11-25(16,2)21(18)13-22(29)26(19,20)3/h15-22,28-29H,4-14H2,1-3H3,(H,27,30)(H,31,32)/t15-,16+,17+,18+,19-,20+,21+,22-,25+,26-/m1/s1. The second-order valence-corrected chi connectivity index (χ2v) is 12.1. The van der Waals surface area contributed by atoms with Gasteiger partial charge in [0.05, 0.1) is 12.2 Å². The van der Waals surface area contributed by atoms with E-state index in [9.17, 15) is 19.8 Å². The molecule has 0 spiro atoms. The maximum Gasteiger partial charge on any atom is 0.322 e. The number of aliphatic hydroxyl groups is 2. The summed E-state index contributed by atoms with van der Waals surface area (Å²) in [5, 5.41) is 33.0. The van der Waals surface area contributed by atoms with Crippen LogP contribution in [-0.2, 0) is 9.59 Å². The smallest absolute Gasteiger partial charge is 0.322 e. The van der Waals surface area contributed by atoms with Gasteiger partial charge in [-0.05, 0) is 104 Å². The molecule has 4 fully saturated rings. The Bertz CT molecular complexity index is 727. The predicted molar refractivity (Wildman–Crippen MR) is 122 cm³/mol. The third kappa shape index (κ3) is 4.00. The number of aliphatic carboxylic acids is 1. The summed E-state index contributed by atoms with van der Waals surface area (Å²) in [4.78, 5) is 22.7. The highest BCUT2D eigenvalue weighted by molar-refractivity contribution is 5.81. The van der Waals surface area contributed by atoms with Crippen molar-refractivity contribution < 1.29 is 24.9 Å². The molecule has 4 N–H and O–H groups in total. The first-order chi connectivity index (χ1) is 15.1. The number of carboxylic acids is 1. The van der Waals surface area contributed by atoms with Crippen LogP contribution < -0.4 is 5.32 Å². The van der Waals surface area contributed by atoms with E-state index >= 15 is 0 Å². The number of rotatable bonds is 6. The minimum Gasteiger partial charge on any atom is -0.480 e. The third-order valence-electron chi connectivity index (χ3n) is 10.8. The second kappa shape index (κ2) is 8.90. The second-order valence-electron chi connectivity index (χ2n) is 12.1. The lowest BCUT2D eigenvalue weighted by molar-refractivity contribution is -0.175. The fraction of sp³-hybridized carbons (Fsp3) is 0.923. The molecule has 0 aliphatic heterocycles. The van der Waals surface area contributed by atoms with Crippen molar-refractivity contribution >= 4 is 11.9 Å². The summed E-state index contributed by atoms with van der Waals surface area (Å²) in [6, 6.07) is 0. The van der Waals surface area contributed by atoms with Crippen LogP contribution in [0.5, 0.6) is 0 Å². The molecule has 4 aliphatic carbocycles. The van der Waals surface area contributed by atoms with Crippen LogP contribution in [-0.4, -0.2) is 45.9 Å². The lowest BCUT2D eigenvalue weighted by atomic mass is 9.43. The van der Waals surface area contributed by atoms with E-state index in [2.05, 4.69) is 26.1 Å². The van der Waals surface area contributed by atoms with E-state index < -0.39 is 5.97 Å². The third-order valence-corrected chi connectivity index (χ3v) is 10.8. The molecular weight excluding hydrogens is 406 g/mol. The molecule has 4 saturated carbocycles. The molecule has 0 unspecified atom stereocenters. The Morgan fingerprint density at radius 3 is 2.50 bits per heavy atom. The highest BCUT2D eigenvalue weighted by Gasteiger charge is 2.63. The maximum absolute atomic E-state index is 12.0. The van der Waals surface area contributed by atoms with Gasteiger partial charge in [-0.2, -0.15) is 0 Å². The number of amides is 1. The van der Waals surface area contributed by atoms with E-state index in [1.807, 2.05) is 0 Å². The molecule has 0 heterocycles. The first kappa shape index (κ1) is 24.0. The molecule has 4 aliphatic rings. The normalized spacial score (nSPS) is 46.5. The SMILES string of the molecule is C[C@H](CCC(=O)NCC(=O)O)[C@H]1CC[C@H]2[C@@H]3CC[C@H]4C[C@@H](O)CC[C@]4(C)[C@H]3C[C@@H](O)[C@]12C. The van der Waals surface area contributed by atoms with Crippen LogP contribution in [0.4, 0.5) is 0 Å². The highest BCUT2D eigenvalue weighted by atomic mass is 16.4. The van der Waals surface area contributed by atoms with Crippen LogP contribution in [0.25, 0.3) is 0 Å². The Balaban J connectivity index is 1.45. The molecule has 6 heteroatoms. The van der Waals surface area contributed by atoms with Gasteiger partial charge in [-0.3, -0.25) is 9.59 Å². The lowest BCUT2D eigenvalue weighted by Gasteiger charge is -2.62. The van der Waals surface area contributed by atoms with Crippen LogP contribution in [0.3, 0.4) is 0 Å². The average molecular weight is 450 g/mol. The maximum atomic E-state index is 12.0. The van der Waals surface area contributed by atoms with Gasteiger partial charge in [-0.1, -0.05) is 20.8 Å². The van der Waals surface area contributed by atoms with E-state index in [4.69, 9.17) is 5.11 Å². The van der Waals surface area contributed by atoms with Crippen molar-refractivity contribution in [3.05, 3.63) is 0 Å². The molecule has 182 valence electrons. The fourth-order valence-electron chi connectivity index (χ4n) is 8.98. The number of hydrogen-bond donors (Lipinski definition) is 4. The van der Waals surface area contributed by atoms with Gasteiger partial charge in [-0.25, -0.2) is 0 Å². The van der Waals surface area contributed by atoms with Crippen LogP contribution in [0.15, 0.2) is 0 Å². The minimum absolute atomic E-state index is 0.102.